The van der Waals surface area contributed by atoms with Crippen LogP contribution in [-0.2, 0) is 14.8 Å². The standard InChI is InChI=1S/C17H17ClN2O5S/c1-24-13-5-3-4-12(9-13)19-17(21)16-10-20(26(2,22)23)14-8-11(18)6-7-15(14)25-16/h3-9,16H,10H2,1-2H3,(H,19,21)/t16-/m0/s1. The van der Waals surface area contributed by atoms with Gasteiger partial charge in [-0.2, -0.15) is 0 Å². The van der Waals surface area contributed by atoms with E-state index in [0.29, 0.717) is 22.1 Å². The molecule has 0 unspecified atom stereocenters. The molecule has 0 bridgehead atoms. The molecular formula is C17H17ClN2O5S. The molecule has 1 atom stereocenters. The molecule has 1 amide bonds. The Bertz CT molecular complexity index is 948. The number of amides is 1. The minimum atomic E-state index is -3.61. The maximum absolute atomic E-state index is 12.6. The summed E-state index contributed by atoms with van der Waals surface area (Å²) in [6.45, 7) is -0.151. The second kappa shape index (κ2) is 7.05. The largest absolute Gasteiger partial charge is 0.497 e. The quantitative estimate of drug-likeness (QED) is 0.858. The zero-order chi connectivity index (χ0) is 18.9. The fraction of sp³-hybridized carbons (Fsp3) is 0.235. The number of rotatable bonds is 4. The lowest BCUT2D eigenvalue weighted by Crippen LogP contribution is -2.48. The molecule has 0 radical (unpaired) electrons. The Kier molecular flexibility index (Phi) is 4.97. The number of anilines is 2. The van der Waals surface area contributed by atoms with E-state index in [1.807, 2.05) is 0 Å². The molecule has 2 aromatic carbocycles. The predicted molar refractivity (Wildman–Crippen MR) is 99.7 cm³/mol. The Balaban J connectivity index is 1.87. The molecule has 26 heavy (non-hydrogen) atoms. The van der Waals surface area contributed by atoms with Crippen molar-refractivity contribution in [2.24, 2.45) is 0 Å². The van der Waals surface area contributed by atoms with Crippen molar-refractivity contribution in [2.45, 2.75) is 6.10 Å². The van der Waals surface area contributed by atoms with Gasteiger partial charge in [0.1, 0.15) is 11.5 Å². The average molecular weight is 397 g/mol. The van der Waals surface area contributed by atoms with Crippen molar-refractivity contribution in [1.29, 1.82) is 0 Å². The third-order valence-corrected chi connectivity index (χ3v) is 5.20. The van der Waals surface area contributed by atoms with Crippen LogP contribution in [0.5, 0.6) is 11.5 Å². The number of hydrogen-bond acceptors (Lipinski definition) is 5. The highest BCUT2D eigenvalue weighted by atomic mass is 35.5. The summed E-state index contributed by atoms with van der Waals surface area (Å²) in [5, 5.41) is 3.08. The van der Waals surface area contributed by atoms with Crippen LogP contribution in [0.4, 0.5) is 11.4 Å². The van der Waals surface area contributed by atoms with Gasteiger partial charge in [-0.1, -0.05) is 17.7 Å². The first-order valence-electron chi connectivity index (χ1n) is 7.67. The van der Waals surface area contributed by atoms with E-state index >= 15 is 0 Å². The van der Waals surface area contributed by atoms with Crippen molar-refractivity contribution >= 4 is 38.9 Å². The van der Waals surface area contributed by atoms with Gasteiger partial charge in [0.05, 0.1) is 25.6 Å². The number of fused-ring (bicyclic) bond motifs is 1. The minimum Gasteiger partial charge on any atom is -0.497 e. The lowest BCUT2D eigenvalue weighted by Gasteiger charge is -2.34. The summed E-state index contributed by atoms with van der Waals surface area (Å²) >= 11 is 5.96. The number of carbonyl (C=O) groups excluding carboxylic acids is 1. The molecule has 0 fully saturated rings. The Morgan fingerprint density at radius 3 is 2.77 bits per heavy atom. The van der Waals surface area contributed by atoms with Crippen LogP contribution in [0.3, 0.4) is 0 Å². The van der Waals surface area contributed by atoms with Crippen molar-refractivity contribution < 1.29 is 22.7 Å². The van der Waals surface area contributed by atoms with Crippen LogP contribution >= 0.6 is 11.6 Å². The number of nitrogens with zero attached hydrogens (tertiary/aromatic N) is 1. The van der Waals surface area contributed by atoms with Gasteiger partial charge < -0.3 is 14.8 Å². The number of sulfonamides is 1. The second-order valence-electron chi connectivity index (χ2n) is 5.73. The van der Waals surface area contributed by atoms with Crippen LogP contribution in [0.1, 0.15) is 0 Å². The van der Waals surface area contributed by atoms with Gasteiger partial charge in [-0.15, -0.1) is 0 Å². The molecule has 1 N–H and O–H groups in total. The van der Waals surface area contributed by atoms with Crippen molar-refractivity contribution in [1.82, 2.24) is 0 Å². The summed E-state index contributed by atoms with van der Waals surface area (Å²) in [5.41, 5.74) is 0.830. The molecule has 2 aromatic rings. The first kappa shape index (κ1) is 18.3. The number of nitrogens with one attached hydrogen (secondary N) is 1. The first-order chi connectivity index (χ1) is 12.3. The van der Waals surface area contributed by atoms with Crippen molar-refractivity contribution in [3.05, 3.63) is 47.5 Å². The molecule has 1 aliphatic heterocycles. The summed E-state index contributed by atoms with van der Waals surface area (Å²) in [6, 6.07) is 11.4. The van der Waals surface area contributed by atoms with Crippen LogP contribution in [0, 0.1) is 0 Å². The zero-order valence-electron chi connectivity index (χ0n) is 14.1. The molecule has 7 nitrogen and oxygen atoms in total. The normalized spacial score (nSPS) is 16.4. The van der Waals surface area contributed by atoms with Crippen LogP contribution in [0.15, 0.2) is 42.5 Å². The molecule has 0 spiro atoms. The van der Waals surface area contributed by atoms with Crippen LogP contribution in [0.2, 0.25) is 5.02 Å². The number of methoxy groups -OCH3 is 1. The van der Waals surface area contributed by atoms with Gasteiger partial charge in [0.2, 0.25) is 10.0 Å². The van der Waals surface area contributed by atoms with Gasteiger partial charge >= 0.3 is 0 Å². The fourth-order valence-electron chi connectivity index (χ4n) is 2.60. The number of benzene rings is 2. The topological polar surface area (TPSA) is 84.9 Å². The Hall–Kier alpha value is -2.45. The van der Waals surface area contributed by atoms with Crippen molar-refractivity contribution in [2.75, 3.05) is 29.5 Å². The second-order valence-corrected chi connectivity index (χ2v) is 8.08. The SMILES string of the molecule is COc1cccc(NC(=O)[C@@H]2CN(S(C)(=O)=O)c3cc(Cl)ccc3O2)c1. The van der Waals surface area contributed by atoms with E-state index in [-0.39, 0.29) is 12.3 Å². The van der Waals surface area contributed by atoms with Crippen LogP contribution in [0.25, 0.3) is 0 Å². The number of halogens is 1. The van der Waals surface area contributed by atoms with E-state index in [0.717, 1.165) is 10.6 Å². The fourth-order valence-corrected chi connectivity index (χ4v) is 3.67. The number of carbonyl (C=O) groups is 1. The molecule has 9 heteroatoms. The average Bonchev–Trinajstić information content (AvgIpc) is 2.60. The Labute approximate surface area is 156 Å². The predicted octanol–water partition coefficient (Wildman–Crippen LogP) is 2.51. The smallest absolute Gasteiger partial charge is 0.267 e. The monoisotopic (exact) mass is 396 g/mol. The highest BCUT2D eigenvalue weighted by molar-refractivity contribution is 7.92. The van der Waals surface area contributed by atoms with Gasteiger partial charge in [-0.05, 0) is 30.3 Å². The molecule has 3 rings (SSSR count). The molecule has 0 saturated heterocycles. The van der Waals surface area contributed by atoms with Gasteiger partial charge in [0.25, 0.3) is 5.91 Å². The first-order valence-corrected chi connectivity index (χ1v) is 9.89. The van der Waals surface area contributed by atoms with Gasteiger partial charge in [0, 0.05) is 16.8 Å². The molecule has 1 heterocycles. The lowest BCUT2D eigenvalue weighted by atomic mass is 10.2. The summed E-state index contributed by atoms with van der Waals surface area (Å²) in [7, 11) is -2.09. The maximum atomic E-state index is 12.6. The summed E-state index contributed by atoms with van der Waals surface area (Å²) in [5.74, 6) is 0.398. The summed E-state index contributed by atoms with van der Waals surface area (Å²) < 4.78 is 36.2. The molecular weight excluding hydrogens is 380 g/mol. The van der Waals surface area contributed by atoms with Gasteiger partial charge in [-0.25, -0.2) is 8.42 Å². The van der Waals surface area contributed by atoms with E-state index in [9.17, 15) is 13.2 Å². The summed E-state index contributed by atoms with van der Waals surface area (Å²) in [4.78, 5) is 12.6. The van der Waals surface area contributed by atoms with E-state index in [4.69, 9.17) is 21.1 Å². The Morgan fingerprint density at radius 2 is 2.08 bits per heavy atom. The van der Waals surface area contributed by atoms with E-state index in [1.54, 1.807) is 36.4 Å². The maximum Gasteiger partial charge on any atom is 0.267 e. The van der Waals surface area contributed by atoms with Crippen LogP contribution in [-0.4, -0.2) is 40.3 Å². The van der Waals surface area contributed by atoms with Gasteiger partial charge in [0.15, 0.2) is 6.10 Å². The Morgan fingerprint density at radius 1 is 1.31 bits per heavy atom. The molecule has 0 aliphatic carbocycles. The number of hydrogen-bond donors (Lipinski definition) is 1. The van der Waals surface area contributed by atoms with Gasteiger partial charge in [-0.3, -0.25) is 9.10 Å². The zero-order valence-corrected chi connectivity index (χ0v) is 15.7. The van der Waals surface area contributed by atoms with E-state index in [2.05, 4.69) is 5.32 Å². The van der Waals surface area contributed by atoms with E-state index in [1.165, 1.54) is 13.2 Å². The van der Waals surface area contributed by atoms with Crippen molar-refractivity contribution in [3.8, 4) is 11.5 Å². The minimum absolute atomic E-state index is 0.151. The van der Waals surface area contributed by atoms with E-state index < -0.39 is 22.0 Å². The summed E-state index contributed by atoms with van der Waals surface area (Å²) in [6.07, 6.45) is 0.0598. The molecule has 0 aromatic heterocycles. The third kappa shape index (κ3) is 3.86. The third-order valence-electron chi connectivity index (χ3n) is 3.82. The highest BCUT2D eigenvalue weighted by Gasteiger charge is 2.35. The highest BCUT2D eigenvalue weighted by Crippen LogP contribution is 2.37. The molecule has 0 saturated carbocycles. The van der Waals surface area contributed by atoms with Crippen molar-refractivity contribution in [3.63, 3.8) is 0 Å². The lowest BCUT2D eigenvalue weighted by molar-refractivity contribution is -0.122. The molecule has 1 aliphatic rings. The molecule has 138 valence electrons. The number of ether oxygens (including phenoxy) is 2. The van der Waals surface area contributed by atoms with Crippen LogP contribution < -0.4 is 19.1 Å².